The van der Waals surface area contributed by atoms with Crippen molar-refractivity contribution in [3.63, 3.8) is 0 Å². The summed E-state index contributed by atoms with van der Waals surface area (Å²) < 4.78 is 14.9. The topological polar surface area (TPSA) is 43.6 Å². The molecule has 0 amide bonds. The van der Waals surface area contributed by atoms with Crippen molar-refractivity contribution in [2.45, 2.75) is 6.92 Å². The van der Waals surface area contributed by atoms with Crippen LogP contribution >= 0.6 is 11.6 Å². The lowest BCUT2D eigenvalue weighted by molar-refractivity contribution is 0.580. The van der Waals surface area contributed by atoms with E-state index >= 15 is 0 Å². The molecule has 3 aromatic rings. The van der Waals surface area contributed by atoms with Crippen LogP contribution in [0.25, 0.3) is 5.82 Å². The van der Waals surface area contributed by atoms with Crippen LogP contribution in [-0.4, -0.2) is 19.5 Å². The predicted molar refractivity (Wildman–Crippen MR) is 81.3 cm³/mol. The maximum Gasteiger partial charge on any atom is 0.214 e. The maximum absolute atomic E-state index is 13.2. The van der Waals surface area contributed by atoms with Gasteiger partial charge in [0.1, 0.15) is 22.5 Å². The highest BCUT2D eigenvalue weighted by molar-refractivity contribution is 6.29. The summed E-state index contributed by atoms with van der Waals surface area (Å²) in [5, 5.41) is 0.387. The standard InChI is InChI=1S/C16H10ClFN4/c1-11-20-13(6-5-12-7-8-19-14(17)9-12)10-22(11)16-4-2-3-15(18)21-16/h2-4,7-10H,1H3. The average Bonchev–Trinajstić information content (AvgIpc) is 2.86. The molecule has 22 heavy (non-hydrogen) atoms. The fraction of sp³-hybridized carbons (Fsp3) is 0.0625. The zero-order chi connectivity index (χ0) is 15.5. The summed E-state index contributed by atoms with van der Waals surface area (Å²) >= 11 is 5.81. The number of halogens is 2. The van der Waals surface area contributed by atoms with E-state index in [9.17, 15) is 4.39 Å². The maximum atomic E-state index is 13.2. The van der Waals surface area contributed by atoms with Crippen molar-refractivity contribution >= 4 is 11.6 Å². The monoisotopic (exact) mass is 312 g/mol. The molecule has 0 saturated heterocycles. The average molecular weight is 313 g/mol. The Morgan fingerprint density at radius 2 is 2.05 bits per heavy atom. The number of imidazole rings is 1. The molecule has 6 heteroatoms. The number of rotatable bonds is 1. The molecule has 0 radical (unpaired) electrons. The SMILES string of the molecule is Cc1nc(C#Cc2ccnc(Cl)c2)cn1-c1cccc(F)n1. The number of hydrogen-bond acceptors (Lipinski definition) is 3. The highest BCUT2D eigenvalue weighted by Crippen LogP contribution is 2.11. The smallest absolute Gasteiger partial charge is 0.214 e. The molecule has 0 spiro atoms. The van der Waals surface area contributed by atoms with Crippen LogP contribution in [0.15, 0.2) is 42.7 Å². The second-order valence-corrected chi connectivity index (χ2v) is 4.87. The van der Waals surface area contributed by atoms with E-state index in [4.69, 9.17) is 11.6 Å². The molecule has 108 valence electrons. The minimum Gasteiger partial charge on any atom is -0.287 e. The van der Waals surface area contributed by atoms with E-state index in [1.165, 1.54) is 6.07 Å². The zero-order valence-corrected chi connectivity index (χ0v) is 12.3. The Kier molecular flexibility index (Phi) is 3.86. The molecule has 0 aliphatic rings. The number of hydrogen-bond donors (Lipinski definition) is 0. The predicted octanol–water partition coefficient (Wildman–Crippen LogP) is 3.16. The molecule has 3 heterocycles. The van der Waals surface area contributed by atoms with Crippen molar-refractivity contribution in [3.05, 3.63) is 70.9 Å². The van der Waals surface area contributed by atoms with E-state index in [2.05, 4.69) is 26.8 Å². The third-order valence-electron chi connectivity index (χ3n) is 2.89. The molecular formula is C16H10ClFN4. The first-order valence-electron chi connectivity index (χ1n) is 6.44. The number of nitrogens with zero attached hydrogens (tertiary/aromatic N) is 4. The molecule has 3 aromatic heterocycles. The van der Waals surface area contributed by atoms with Gasteiger partial charge in [-0.25, -0.2) is 15.0 Å². The summed E-state index contributed by atoms with van der Waals surface area (Å²) in [4.78, 5) is 12.1. The molecule has 0 aromatic carbocycles. The van der Waals surface area contributed by atoms with Crippen molar-refractivity contribution in [1.82, 2.24) is 19.5 Å². The van der Waals surface area contributed by atoms with Gasteiger partial charge in [0.2, 0.25) is 5.95 Å². The Labute approximate surface area is 131 Å². The van der Waals surface area contributed by atoms with E-state index < -0.39 is 5.95 Å². The van der Waals surface area contributed by atoms with Gasteiger partial charge in [0.15, 0.2) is 0 Å². The lowest BCUT2D eigenvalue weighted by Gasteiger charge is -2.02. The van der Waals surface area contributed by atoms with Gasteiger partial charge < -0.3 is 0 Å². The molecule has 3 rings (SSSR count). The Hall–Kier alpha value is -2.71. The van der Waals surface area contributed by atoms with Crippen molar-refractivity contribution < 1.29 is 4.39 Å². The third kappa shape index (κ3) is 3.13. The van der Waals surface area contributed by atoms with Gasteiger partial charge in [0, 0.05) is 18.0 Å². The molecule has 0 atom stereocenters. The van der Waals surface area contributed by atoms with Crippen LogP contribution < -0.4 is 0 Å². The summed E-state index contributed by atoms with van der Waals surface area (Å²) in [6.45, 7) is 1.81. The Bertz CT molecular complexity index is 892. The van der Waals surface area contributed by atoms with Gasteiger partial charge >= 0.3 is 0 Å². The Morgan fingerprint density at radius 3 is 2.82 bits per heavy atom. The summed E-state index contributed by atoms with van der Waals surface area (Å²) in [5.41, 5.74) is 1.31. The lowest BCUT2D eigenvalue weighted by Crippen LogP contribution is -1.99. The fourth-order valence-corrected chi connectivity index (χ4v) is 2.09. The Morgan fingerprint density at radius 1 is 1.18 bits per heavy atom. The van der Waals surface area contributed by atoms with Crippen LogP contribution in [0, 0.1) is 24.7 Å². The summed E-state index contributed by atoms with van der Waals surface area (Å²) in [5.74, 6) is 6.51. The minimum absolute atomic E-state index is 0.387. The molecule has 0 aliphatic heterocycles. The largest absolute Gasteiger partial charge is 0.287 e. The van der Waals surface area contributed by atoms with Crippen LogP contribution in [0.3, 0.4) is 0 Å². The van der Waals surface area contributed by atoms with E-state index in [1.54, 1.807) is 48.1 Å². The van der Waals surface area contributed by atoms with Gasteiger partial charge in [-0.1, -0.05) is 23.6 Å². The highest BCUT2D eigenvalue weighted by atomic mass is 35.5. The van der Waals surface area contributed by atoms with E-state index in [0.717, 1.165) is 5.56 Å². The zero-order valence-electron chi connectivity index (χ0n) is 11.6. The summed E-state index contributed by atoms with van der Waals surface area (Å²) in [6.07, 6.45) is 3.31. The van der Waals surface area contributed by atoms with Crippen LogP contribution in [0.4, 0.5) is 4.39 Å². The van der Waals surface area contributed by atoms with Crippen molar-refractivity contribution in [2.75, 3.05) is 0 Å². The van der Waals surface area contributed by atoms with Gasteiger partial charge in [0.25, 0.3) is 0 Å². The van der Waals surface area contributed by atoms with Crippen LogP contribution in [-0.2, 0) is 0 Å². The molecule has 0 N–H and O–H groups in total. The molecule has 4 nitrogen and oxygen atoms in total. The van der Waals surface area contributed by atoms with Crippen LogP contribution in [0.5, 0.6) is 0 Å². The normalized spacial score (nSPS) is 10.1. The highest BCUT2D eigenvalue weighted by Gasteiger charge is 2.06. The second kappa shape index (κ2) is 5.96. The first-order valence-corrected chi connectivity index (χ1v) is 6.82. The third-order valence-corrected chi connectivity index (χ3v) is 3.10. The second-order valence-electron chi connectivity index (χ2n) is 4.48. The van der Waals surface area contributed by atoms with E-state index in [1.807, 2.05) is 0 Å². The number of aromatic nitrogens is 4. The first-order chi connectivity index (χ1) is 10.6. The molecule has 0 unspecified atom stereocenters. The summed E-state index contributed by atoms with van der Waals surface area (Å²) in [6, 6.07) is 8.03. The van der Waals surface area contributed by atoms with E-state index in [0.29, 0.717) is 22.5 Å². The van der Waals surface area contributed by atoms with Gasteiger partial charge in [-0.2, -0.15) is 4.39 Å². The van der Waals surface area contributed by atoms with Crippen molar-refractivity contribution in [1.29, 1.82) is 0 Å². The quantitative estimate of drug-likeness (QED) is 0.512. The van der Waals surface area contributed by atoms with Gasteiger partial charge in [-0.3, -0.25) is 4.57 Å². The molecule has 0 fully saturated rings. The van der Waals surface area contributed by atoms with Crippen molar-refractivity contribution in [3.8, 4) is 17.7 Å². The van der Waals surface area contributed by atoms with E-state index in [-0.39, 0.29) is 0 Å². The number of aryl methyl sites for hydroxylation is 1. The molecular weight excluding hydrogens is 303 g/mol. The summed E-state index contributed by atoms with van der Waals surface area (Å²) in [7, 11) is 0. The van der Waals surface area contributed by atoms with Crippen LogP contribution in [0.1, 0.15) is 17.1 Å². The molecule has 0 aliphatic carbocycles. The molecule has 0 saturated carbocycles. The van der Waals surface area contributed by atoms with Gasteiger partial charge in [-0.15, -0.1) is 0 Å². The Balaban J connectivity index is 1.93. The first kappa shape index (κ1) is 14.2. The minimum atomic E-state index is -0.537. The number of pyridine rings is 2. The van der Waals surface area contributed by atoms with Crippen LogP contribution in [0.2, 0.25) is 5.15 Å². The van der Waals surface area contributed by atoms with Gasteiger partial charge in [0.05, 0.1) is 0 Å². The molecule has 0 bridgehead atoms. The van der Waals surface area contributed by atoms with Gasteiger partial charge in [-0.05, 0) is 37.1 Å². The van der Waals surface area contributed by atoms with Crippen molar-refractivity contribution in [2.24, 2.45) is 0 Å². The lowest BCUT2D eigenvalue weighted by atomic mass is 10.3. The fourth-order valence-electron chi connectivity index (χ4n) is 1.91.